The van der Waals surface area contributed by atoms with E-state index in [2.05, 4.69) is 5.32 Å². The van der Waals surface area contributed by atoms with Crippen LogP contribution in [0.4, 0.5) is 0 Å². The number of benzene rings is 2. The lowest BCUT2D eigenvalue weighted by molar-refractivity contribution is -0.131. The largest absolute Gasteiger partial charge is 0.347 e. The summed E-state index contributed by atoms with van der Waals surface area (Å²) in [5.41, 5.74) is 2.62. The van der Waals surface area contributed by atoms with E-state index in [9.17, 15) is 14.4 Å². The summed E-state index contributed by atoms with van der Waals surface area (Å²) >= 11 is 0. The van der Waals surface area contributed by atoms with Crippen molar-refractivity contribution in [3.05, 3.63) is 59.7 Å². The third kappa shape index (κ3) is 4.82. The summed E-state index contributed by atoms with van der Waals surface area (Å²) < 4.78 is 0. The van der Waals surface area contributed by atoms with Crippen molar-refractivity contribution in [2.75, 3.05) is 14.1 Å². The molecule has 1 N–H and O–H groups in total. The third-order valence-electron chi connectivity index (χ3n) is 4.40. The molecular weight excluding hydrogens is 340 g/mol. The van der Waals surface area contributed by atoms with Crippen molar-refractivity contribution in [3.63, 3.8) is 0 Å². The molecule has 0 unspecified atom stereocenters. The highest BCUT2D eigenvalue weighted by atomic mass is 16.2. The Morgan fingerprint density at radius 1 is 0.963 bits per heavy atom. The van der Waals surface area contributed by atoms with Crippen LogP contribution in [0.1, 0.15) is 41.5 Å². The highest BCUT2D eigenvalue weighted by molar-refractivity contribution is 6.02. The molecule has 2 aromatic rings. The molecule has 0 fully saturated rings. The minimum absolute atomic E-state index is 0.0306. The monoisotopic (exact) mass is 366 g/mol. The molecule has 2 amide bonds. The minimum Gasteiger partial charge on any atom is -0.347 e. The van der Waals surface area contributed by atoms with Crippen LogP contribution in [0.2, 0.25) is 0 Å². The van der Waals surface area contributed by atoms with Gasteiger partial charge in [0.25, 0.3) is 5.91 Å². The summed E-state index contributed by atoms with van der Waals surface area (Å²) in [5, 5.41) is 2.83. The number of nitrogens with one attached hydrogen (secondary N) is 1. The van der Waals surface area contributed by atoms with Gasteiger partial charge in [-0.3, -0.25) is 14.4 Å². The Morgan fingerprint density at radius 3 is 2.22 bits per heavy atom. The molecule has 5 heteroatoms. The standard InChI is InChI=1S/C22H26N2O3/c1-14(2)20(22(27)24(4)5)23-21(26)17-10-8-9-16(13-17)19-12-7-6-11-18(19)15(3)25/h6-14,20H,1-5H3,(H,23,26)/t20-/m0/s1. The summed E-state index contributed by atoms with van der Waals surface area (Å²) in [6.45, 7) is 5.31. The summed E-state index contributed by atoms with van der Waals surface area (Å²) in [4.78, 5) is 38.4. The van der Waals surface area contributed by atoms with E-state index in [0.29, 0.717) is 11.1 Å². The number of nitrogens with zero attached hydrogens (tertiary/aromatic N) is 1. The van der Waals surface area contributed by atoms with E-state index in [0.717, 1.165) is 11.1 Å². The second-order valence-corrected chi connectivity index (χ2v) is 7.11. The Bertz CT molecular complexity index is 856. The first-order valence-electron chi connectivity index (χ1n) is 8.94. The van der Waals surface area contributed by atoms with Gasteiger partial charge < -0.3 is 10.2 Å². The van der Waals surface area contributed by atoms with E-state index < -0.39 is 6.04 Å². The lowest BCUT2D eigenvalue weighted by atomic mass is 9.96. The van der Waals surface area contributed by atoms with Gasteiger partial charge in [-0.2, -0.15) is 0 Å². The average Bonchev–Trinajstić information content (AvgIpc) is 2.65. The summed E-state index contributed by atoms with van der Waals surface area (Å²) in [7, 11) is 3.34. The molecule has 0 aliphatic carbocycles. The maximum absolute atomic E-state index is 12.7. The van der Waals surface area contributed by atoms with Gasteiger partial charge >= 0.3 is 0 Å². The molecule has 142 valence electrons. The van der Waals surface area contributed by atoms with E-state index in [1.165, 1.54) is 11.8 Å². The first kappa shape index (κ1) is 20.4. The van der Waals surface area contributed by atoms with Crippen LogP contribution in [0.25, 0.3) is 11.1 Å². The molecule has 0 spiro atoms. The average molecular weight is 366 g/mol. The second kappa shape index (κ2) is 8.62. The Balaban J connectivity index is 2.33. The Kier molecular flexibility index (Phi) is 6.50. The van der Waals surface area contributed by atoms with Crippen molar-refractivity contribution in [3.8, 4) is 11.1 Å². The molecule has 0 saturated carbocycles. The number of carbonyl (C=O) groups is 3. The zero-order valence-electron chi connectivity index (χ0n) is 16.4. The fourth-order valence-electron chi connectivity index (χ4n) is 2.89. The first-order valence-corrected chi connectivity index (χ1v) is 8.94. The number of ketones is 1. The van der Waals surface area contributed by atoms with Crippen LogP contribution in [0.5, 0.6) is 0 Å². The first-order chi connectivity index (χ1) is 12.7. The fraction of sp³-hybridized carbons (Fsp3) is 0.318. The van der Waals surface area contributed by atoms with E-state index >= 15 is 0 Å². The van der Waals surface area contributed by atoms with Crippen molar-refractivity contribution in [1.29, 1.82) is 0 Å². The summed E-state index contributed by atoms with van der Waals surface area (Å²) in [6, 6.07) is 13.8. The fourth-order valence-corrected chi connectivity index (χ4v) is 2.89. The predicted octanol–water partition coefficient (Wildman–Crippen LogP) is 3.40. The maximum atomic E-state index is 12.7. The number of carbonyl (C=O) groups excluding carboxylic acids is 3. The number of amides is 2. The third-order valence-corrected chi connectivity index (χ3v) is 4.40. The molecule has 0 radical (unpaired) electrons. The van der Waals surface area contributed by atoms with E-state index in [1.54, 1.807) is 38.4 Å². The number of hydrogen-bond donors (Lipinski definition) is 1. The predicted molar refractivity (Wildman–Crippen MR) is 107 cm³/mol. The molecule has 0 aromatic heterocycles. The van der Waals surface area contributed by atoms with Gasteiger partial charge in [0, 0.05) is 25.2 Å². The van der Waals surface area contributed by atoms with Crippen molar-refractivity contribution in [2.45, 2.75) is 26.8 Å². The van der Waals surface area contributed by atoms with Crippen LogP contribution >= 0.6 is 0 Å². The van der Waals surface area contributed by atoms with Gasteiger partial charge in [0.2, 0.25) is 5.91 Å². The minimum atomic E-state index is -0.597. The normalized spacial score (nSPS) is 11.8. The second-order valence-electron chi connectivity index (χ2n) is 7.11. The smallest absolute Gasteiger partial charge is 0.251 e. The Labute approximate surface area is 160 Å². The number of hydrogen-bond acceptors (Lipinski definition) is 3. The topological polar surface area (TPSA) is 66.5 Å². The van der Waals surface area contributed by atoms with Crippen LogP contribution in [0, 0.1) is 5.92 Å². The Morgan fingerprint density at radius 2 is 1.63 bits per heavy atom. The molecule has 5 nitrogen and oxygen atoms in total. The molecule has 27 heavy (non-hydrogen) atoms. The van der Waals surface area contributed by atoms with Gasteiger partial charge in [0.1, 0.15) is 6.04 Å². The number of rotatable bonds is 6. The van der Waals surface area contributed by atoms with Crippen LogP contribution in [-0.2, 0) is 4.79 Å². The maximum Gasteiger partial charge on any atom is 0.251 e. The van der Waals surface area contributed by atoms with Crippen molar-refractivity contribution in [1.82, 2.24) is 10.2 Å². The van der Waals surface area contributed by atoms with Gasteiger partial charge in [0.15, 0.2) is 5.78 Å². The molecular formula is C22H26N2O3. The molecule has 0 heterocycles. The zero-order valence-corrected chi connectivity index (χ0v) is 16.4. The van der Waals surface area contributed by atoms with Crippen LogP contribution < -0.4 is 5.32 Å². The lowest BCUT2D eigenvalue weighted by Gasteiger charge is -2.24. The number of likely N-dealkylation sites (N-methyl/N-ethyl adjacent to an activating group) is 1. The lowest BCUT2D eigenvalue weighted by Crippen LogP contribution is -2.49. The molecule has 1 atom stereocenters. The molecule has 0 aliphatic rings. The molecule has 2 aromatic carbocycles. The van der Waals surface area contributed by atoms with Gasteiger partial charge in [-0.1, -0.05) is 50.2 Å². The highest BCUT2D eigenvalue weighted by Crippen LogP contribution is 2.25. The quantitative estimate of drug-likeness (QED) is 0.797. The molecule has 2 rings (SSSR count). The van der Waals surface area contributed by atoms with E-state index in [4.69, 9.17) is 0 Å². The van der Waals surface area contributed by atoms with Crippen LogP contribution in [-0.4, -0.2) is 42.6 Å². The summed E-state index contributed by atoms with van der Waals surface area (Å²) in [5.74, 6) is -0.523. The Hall–Kier alpha value is -2.95. The highest BCUT2D eigenvalue weighted by Gasteiger charge is 2.26. The van der Waals surface area contributed by atoms with Crippen molar-refractivity contribution >= 4 is 17.6 Å². The van der Waals surface area contributed by atoms with Gasteiger partial charge in [-0.25, -0.2) is 0 Å². The SMILES string of the molecule is CC(=O)c1ccccc1-c1cccc(C(=O)N[C@H](C(=O)N(C)C)C(C)C)c1. The molecule has 0 saturated heterocycles. The van der Waals surface area contributed by atoms with Crippen LogP contribution in [0.3, 0.4) is 0 Å². The number of Topliss-reactive ketones (excluding diaryl/α,β-unsaturated/α-hetero) is 1. The van der Waals surface area contributed by atoms with Crippen LogP contribution in [0.15, 0.2) is 48.5 Å². The van der Waals surface area contributed by atoms with Crippen molar-refractivity contribution in [2.24, 2.45) is 5.92 Å². The van der Waals surface area contributed by atoms with Crippen molar-refractivity contribution < 1.29 is 14.4 Å². The van der Waals surface area contributed by atoms with E-state index in [1.807, 2.05) is 38.1 Å². The molecule has 0 bridgehead atoms. The summed E-state index contributed by atoms with van der Waals surface area (Å²) in [6.07, 6.45) is 0. The van der Waals surface area contributed by atoms with Gasteiger partial charge in [-0.05, 0) is 36.1 Å². The van der Waals surface area contributed by atoms with E-state index in [-0.39, 0.29) is 23.5 Å². The van der Waals surface area contributed by atoms with Gasteiger partial charge in [0.05, 0.1) is 0 Å². The zero-order chi connectivity index (χ0) is 20.1. The molecule has 0 aliphatic heterocycles. The van der Waals surface area contributed by atoms with Gasteiger partial charge in [-0.15, -0.1) is 0 Å².